The number of hydrogen-bond acceptors (Lipinski definition) is 17. The first kappa shape index (κ1) is 58.3. The number of carboxylic acid groups (broad SMARTS) is 1. The van der Waals surface area contributed by atoms with E-state index in [1.54, 1.807) is 32.6 Å². The van der Waals surface area contributed by atoms with Crippen molar-refractivity contribution >= 4 is 51.8 Å². The number of carbonyl (C=O) groups is 6. The number of aliphatic hydroxyl groups excluding tert-OH is 1. The molecule has 1 saturated carbocycles. The number of benzene rings is 2. The molecule has 20 nitrogen and oxygen atoms in total. The Labute approximate surface area is 468 Å². The van der Waals surface area contributed by atoms with Crippen molar-refractivity contribution in [2.24, 2.45) is 29.6 Å². The summed E-state index contributed by atoms with van der Waals surface area (Å²) in [5.41, 5.74) is -2.39. The van der Waals surface area contributed by atoms with E-state index in [1.807, 2.05) is 34.6 Å². The second-order valence-corrected chi connectivity index (χ2v) is 22.9. The lowest BCUT2D eigenvalue weighted by molar-refractivity contribution is -0.157. The molecule has 1 aromatic heterocycles. The van der Waals surface area contributed by atoms with Gasteiger partial charge in [-0.25, -0.2) is 9.18 Å². The van der Waals surface area contributed by atoms with Gasteiger partial charge in [0.25, 0.3) is 11.7 Å². The van der Waals surface area contributed by atoms with Crippen molar-refractivity contribution < 1.29 is 72.2 Å². The summed E-state index contributed by atoms with van der Waals surface area (Å²) in [5, 5.41) is 39.5. The van der Waals surface area contributed by atoms with Crippen LogP contribution in [0.1, 0.15) is 134 Å². The smallest absolute Gasteiger partial charge is 0.341 e. The highest BCUT2D eigenvalue weighted by atomic mass is 19.1. The number of anilines is 1. The number of Topliss-reactive ketones (excluding diaryl/α,β-unsaturated/α-hetero) is 3. The van der Waals surface area contributed by atoms with Crippen molar-refractivity contribution in [3.8, 4) is 17.2 Å². The molecule has 434 valence electrons. The Hall–Kier alpha value is -7.36. The molecule has 7 aliphatic rings. The summed E-state index contributed by atoms with van der Waals surface area (Å²) in [4.78, 5) is 101. The fourth-order valence-corrected chi connectivity index (χ4v) is 12.3. The van der Waals surface area contributed by atoms with Crippen LogP contribution < -0.4 is 30.4 Å². The number of methoxy groups -OCH3 is 2. The minimum Gasteiger partial charge on any atom is -0.507 e. The third-order valence-electron chi connectivity index (χ3n) is 17.6. The van der Waals surface area contributed by atoms with E-state index >= 15 is 14.0 Å². The molecule has 81 heavy (non-hydrogen) atoms. The zero-order valence-corrected chi connectivity index (χ0v) is 47.5. The van der Waals surface area contributed by atoms with Crippen LogP contribution in [0.3, 0.4) is 0 Å². The van der Waals surface area contributed by atoms with Crippen LogP contribution >= 0.6 is 0 Å². The number of amides is 1. The number of fused-ring (bicyclic) bond motifs is 15. The van der Waals surface area contributed by atoms with Crippen LogP contribution in [0.5, 0.6) is 17.2 Å². The van der Waals surface area contributed by atoms with Gasteiger partial charge in [0.2, 0.25) is 17.0 Å². The number of halogens is 1. The van der Waals surface area contributed by atoms with E-state index < -0.39 is 111 Å². The quantitative estimate of drug-likeness (QED) is 0.140. The van der Waals surface area contributed by atoms with Gasteiger partial charge in [0.15, 0.2) is 11.6 Å². The van der Waals surface area contributed by atoms with Crippen molar-refractivity contribution in [3.63, 3.8) is 0 Å². The number of aliphatic hydroxyl groups is 1. The molecule has 0 unspecified atom stereocenters. The molecule has 6 heterocycles. The minimum atomic E-state index is -2.12. The Morgan fingerprint density at radius 2 is 1.56 bits per heavy atom. The third-order valence-corrected chi connectivity index (χ3v) is 17.6. The lowest BCUT2D eigenvalue weighted by Crippen LogP contribution is -2.61. The number of allylic oxidation sites excluding steroid dienone is 4. The second-order valence-electron chi connectivity index (χ2n) is 22.9. The van der Waals surface area contributed by atoms with E-state index in [-0.39, 0.29) is 93.9 Å². The first-order valence-electron chi connectivity index (χ1n) is 27.6. The summed E-state index contributed by atoms with van der Waals surface area (Å²) in [6.07, 6.45) is 9.06. The minimum absolute atomic E-state index is 0.0206. The molecule has 3 fully saturated rings. The van der Waals surface area contributed by atoms with Gasteiger partial charge in [-0.15, -0.1) is 0 Å². The molecule has 9 atom stereocenters. The molecule has 5 N–H and O–H groups in total. The monoisotopic (exact) mass is 1120 g/mol. The number of likely N-dealkylation sites (tertiary alicyclic amines) is 1. The van der Waals surface area contributed by atoms with E-state index in [0.29, 0.717) is 31.4 Å². The van der Waals surface area contributed by atoms with Gasteiger partial charge in [-0.05, 0) is 69.4 Å². The van der Waals surface area contributed by atoms with Gasteiger partial charge in [-0.2, -0.15) is 0 Å². The molecule has 10 rings (SSSR count). The average molecular weight is 1120 g/mol. The number of phenols is 1. The zero-order valence-electron chi connectivity index (χ0n) is 47.5. The lowest BCUT2D eigenvalue weighted by atomic mass is 9.73. The van der Waals surface area contributed by atoms with Gasteiger partial charge in [-0.1, -0.05) is 52.8 Å². The van der Waals surface area contributed by atoms with Crippen LogP contribution in [-0.2, 0) is 23.8 Å². The first-order chi connectivity index (χ1) is 38.3. The highest BCUT2D eigenvalue weighted by Gasteiger charge is 2.53. The van der Waals surface area contributed by atoms with Gasteiger partial charge >= 0.3 is 17.7 Å². The Morgan fingerprint density at radius 3 is 2.17 bits per heavy atom. The molecular weight excluding hydrogens is 1050 g/mol. The van der Waals surface area contributed by atoms with Crippen LogP contribution in [0.25, 0.3) is 10.9 Å². The van der Waals surface area contributed by atoms with Gasteiger partial charge < -0.3 is 64.0 Å². The number of aromatic carboxylic acids is 1. The summed E-state index contributed by atoms with van der Waals surface area (Å²) in [6, 6.07) is 0.763. The largest absolute Gasteiger partial charge is 0.507 e. The molecule has 2 saturated heterocycles. The lowest BCUT2D eigenvalue weighted by Gasteiger charge is -2.45. The Bertz CT molecular complexity index is 3310. The van der Waals surface area contributed by atoms with Crippen molar-refractivity contribution in [2.75, 3.05) is 45.3 Å². The van der Waals surface area contributed by atoms with E-state index in [4.69, 9.17) is 23.7 Å². The van der Waals surface area contributed by atoms with Gasteiger partial charge in [0.1, 0.15) is 40.2 Å². The number of carbonyl (C=O) groups excluding carboxylic acids is 5. The van der Waals surface area contributed by atoms with E-state index in [1.165, 1.54) is 60.4 Å². The fraction of sp³-hybridized carbons (Fsp3) is 0.517. The van der Waals surface area contributed by atoms with Crippen LogP contribution in [0, 0.1) is 42.3 Å². The number of ether oxygens (including phenoxy) is 5. The Balaban J connectivity index is 1.01. The number of hydrogen-bond donors (Lipinski definition) is 5. The molecule has 2 aliphatic carbocycles. The number of aromatic hydroxyl groups is 1. The van der Waals surface area contributed by atoms with Crippen LogP contribution in [-0.4, -0.2) is 137 Å². The van der Waals surface area contributed by atoms with E-state index in [9.17, 15) is 39.3 Å². The summed E-state index contributed by atoms with van der Waals surface area (Å²) < 4.78 is 47.7. The summed E-state index contributed by atoms with van der Waals surface area (Å²) in [6.45, 7) is 16.2. The number of phenolic OH excluding ortho intramolecular Hbond substituents is 1. The first-order valence-corrected chi connectivity index (χ1v) is 27.6. The van der Waals surface area contributed by atoms with Crippen LogP contribution in [0.2, 0.25) is 0 Å². The fourth-order valence-electron chi connectivity index (χ4n) is 12.3. The number of pyridine rings is 1. The predicted molar refractivity (Wildman–Crippen MR) is 295 cm³/mol. The summed E-state index contributed by atoms with van der Waals surface area (Å²) in [7, 11) is 2.86. The van der Waals surface area contributed by atoms with Crippen molar-refractivity contribution in [2.45, 2.75) is 130 Å². The Kier molecular flexibility index (Phi) is 16.2. The molecule has 5 aliphatic heterocycles. The van der Waals surface area contributed by atoms with Gasteiger partial charge in [0.05, 0.1) is 53.2 Å². The maximum absolute atomic E-state index is 16.1. The number of esters is 1. The molecule has 2 aromatic carbocycles. The summed E-state index contributed by atoms with van der Waals surface area (Å²) >= 11 is 0. The Morgan fingerprint density at radius 1 is 0.877 bits per heavy atom. The maximum atomic E-state index is 16.1. The molecular formula is C60H72FN5O15. The van der Waals surface area contributed by atoms with Gasteiger partial charge in [0, 0.05) is 94.4 Å². The summed E-state index contributed by atoms with van der Waals surface area (Å²) in [5.74, 6) is -10.4. The number of carboxylic acids is 1. The number of rotatable bonds is 9. The van der Waals surface area contributed by atoms with Crippen molar-refractivity contribution in [1.29, 1.82) is 0 Å². The molecule has 5 bridgehead atoms. The number of ketones is 3. The second kappa shape index (κ2) is 22.5. The number of aromatic nitrogens is 1. The highest BCUT2D eigenvalue weighted by Crippen LogP contribution is 2.50. The maximum Gasteiger partial charge on any atom is 0.341 e. The van der Waals surface area contributed by atoms with E-state index in [2.05, 4.69) is 10.6 Å². The number of nitrogens with zero attached hydrogens (tertiary/aromatic N) is 3. The zero-order chi connectivity index (χ0) is 58.8. The number of piperidine rings is 1. The van der Waals surface area contributed by atoms with Crippen LogP contribution in [0.4, 0.5) is 10.1 Å². The van der Waals surface area contributed by atoms with Crippen molar-refractivity contribution in [3.05, 3.63) is 104 Å². The topological polar surface area (TPSA) is 262 Å². The van der Waals surface area contributed by atoms with E-state index in [0.717, 1.165) is 18.9 Å². The number of nitrogens with one attached hydrogen (secondary N) is 2. The normalized spacial score (nSPS) is 29.4. The molecule has 0 spiro atoms. The molecule has 21 heteroatoms. The highest BCUT2D eigenvalue weighted by molar-refractivity contribution is 6.32. The molecule has 3 aromatic rings. The molecule has 1 amide bonds. The van der Waals surface area contributed by atoms with Gasteiger partial charge in [-0.3, -0.25) is 28.8 Å². The predicted octanol–water partition coefficient (Wildman–Crippen LogP) is 6.67. The third kappa shape index (κ3) is 10.5. The molecule has 0 radical (unpaired) electrons. The standard InChI is InChI=1S/C60H72FN5O15/c1-27-13-12-14-28(2)58(74)63-45-48(64-20-17-35(18-21-64)62-36-24-65(25-36)47-40(61)23-38-46(56(47)78-11)66(37-15-16-37)26-39(51(38)70)59(75)76)53(72)42-43(52(45)71)50(69)33(7)55-44(42)57(73)60(9,81-55)79-22-19-41(77-10)32(6)54(80-34(8)67)31(5)29(3)30(4)49(27)68/h12-14,19,22-23,26-27,29-32,35-37,41,49,54,62,68-69H,15-18,20-21,24-25H2,1-11H3,(H,63,74)(H,75,76)/b13-12+,22-19+,28-14-/t27-,29+,30-,31+,32+,41-,49-,54-,60-/m0/s1. The SMILES string of the molecule is COc1c(N2CC(NC3CCN(C4=C5NC(=O)/C(C)=C\C=C\[C@H](C)[C@H](O)[C@@H](C)[C@@H](C)[C@@H](C)[C@H](OC(C)=O)[C@H](C)[C@@H](OC)/C=C/O[C@@]6(C)Oc7c(C)c(O)c(c(c7C6=O)C4=O)C5=O)CC3)C2)c(F)cc2c(=O)c(C(=O)O)cn(C3CC3)c12. The van der Waals surface area contributed by atoms with Crippen molar-refractivity contribution in [1.82, 2.24) is 20.1 Å². The van der Waals surface area contributed by atoms with Crippen LogP contribution in [0.15, 0.2) is 64.6 Å². The average Bonchev–Trinajstić information content (AvgIpc) is 4.46.